The number of imidazole rings is 1. The van der Waals surface area contributed by atoms with Crippen LogP contribution in [0.3, 0.4) is 0 Å². The first-order chi connectivity index (χ1) is 9.28. The van der Waals surface area contributed by atoms with E-state index < -0.39 is 0 Å². The minimum Gasteiger partial charge on any atom is -0.396 e. The third kappa shape index (κ3) is 2.99. The summed E-state index contributed by atoms with van der Waals surface area (Å²) in [6.07, 6.45) is 7.37. The van der Waals surface area contributed by atoms with Crippen molar-refractivity contribution in [3.63, 3.8) is 0 Å². The van der Waals surface area contributed by atoms with E-state index in [4.69, 9.17) is 5.11 Å². The van der Waals surface area contributed by atoms with Crippen molar-refractivity contribution in [2.45, 2.75) is 31.8 Å². The monoisotopic (exact) mass is 323 g/mol. The van der Waals surface area contributed by atoms with Gasteiger partial charge in [-0.25, -0.2) is 4.98 Å². The van der Waals surface area contributed by atoms with Crippen LogP contribution < -0.4 is 5.32 Å². The van der Waals surface area contributed by atoms with Crippen molar-refractivity contribution in [1.82, 2.24) is 14.7 Å². The highest BCUT2D eigenvalue weighted by Crippen LogP contribution is 2.34. The van der Waals surface area contributed by atoms with Gasteiger partial charge in [-0.2, -0.15) is 0 Å². The average Bonchev–Trinajstić information content (AvgIpc) is 3.17. The molecule has 19 heavy (non-hydrogen) atoms. The molecule has 3 rings (SSSR count). The Morgan fingerprint density at radius 1 is 1.47 bits per heavy atom. The number of nitrogens with zero attached hydrogens (tertiary/aromatic N) is 2. The lowest BCUT2D eigenvalue weighted by molar-refractivity contribution is 0.255. The predicted octanol–water partition coefficient (Wildman–Crippen LogP) is 2.35. The Kier molecular flexibility index (Phi) is 3.86. The molecule has 1 aliphatic rings. The van der Waals surface area contributed by atoms with Gasteiger partial charge in [-0.05, 0) is 53.2 Å². The minimum atomic E-state index is 0.257. The zero-order valence-electron chi connectivity index (χ0n) is 10.7. The Morgan fingerprint density at radius 2 is 2.32 bits per heavy atom. The highest BCUT2D eigenvalue weighted by molar-refractivity contribution is 9.10. The summed E-state index contributed by atoms with van der Waals surface area (Å²) in [5.74, 6) is 0.748. The first-order valence-corrected chi connectivity index (χ1v) is 7.53. The molecule has 0 saturated heterocycles. The van der Waals surface area contributed by atoms with Crippen molar-refractivity contribution in [1.29, 1.82) is 0 Å². The van der Waals surface area contributed by atoms with Crippen LogP contribution >= 0.6 is 15.9 Å². The lowest BCUT2D eigenvalue weighted by Crippen LogP contribution is -2.31. The van der Waals surface area contributed by atoms with E-state index in [-0.39, 0.29) is 6.61 Å². The van der Waals surface area contributed by atoms with Crippen LogP contribution in [0.2, 0.25) is 0 Å². The maximum absolute atomic E-state index is 9.11. The summed E-state index contributed by atoms with van der Waals surface area (Å²) < 4.78 is 3.15. The summed E-state index contributed by atoms with van der Waals surface area (Å²) >= 11 is 3.49. The van der Waals surface area contributed by atoms with Gasteiger partial charge in [0.1, 0.15) is 5.65 Å². The van der Waals surface area contributed by atoms with Crippen LogP contribution in [-0.4, -0.2) is 27.1 Å². The molecule has 0 radical (unpaired) electrons. The lowest BCUT2D eigenvalue weighted by atomic mass is 10.1. The molecule has 1 unspecified atom stereocenters. The fourth-order valence-corrected chi connectivity index (χ4v) is 2.85. The largest absolute Gasteiger partial charge is 0.396 e. The van der Waals surface area contributed by atoms with Crippen molar-refractivity contribution >= 4 is 21.6 Å². The maximum Gasteiger partial charge on any atom is 0.136 e. The molecule has 2 N–H and O–H groups in total. The number of nitrogens with one attached hydrogen (secondary N) is 1. The Morgan fingerprint density at radius 3 is 3.05 bits per heavy atom. The van der Waals surface area contributed by atoms with Gasteiger partial charge in [-0.1, -0.05) is 0 Å². The van der Waals surface area contributed by atoms with E-state index in [1.165, 1.54) is 12.8 Å². The van der Waals surface area contributed by atoms with E-state index in [1.54, 1.807) is 0 Å². The Bertz CT molecular complexity index is 565. The molecule has 0 amide bonds. The minimum absolute atomic E-state index is 0.257. The number of rotatable bonds is 6. The van der Waals surface area contributed by atoms with Crippen molar-refractivity contribution in [3.8, 4) is 0 Å². The molecule has 2 heterocycles. The summed E-state index contributed by atoms with van der Waals surface area (Å²) in [6, 6.07) is 4.43. The number of hydrogen-bond donors (Lipinski definition) is 2. The molecule has 0 bridgehead atoms. The van der Waals surface area contributed by atoms with Gasteiger partial charge in [0.15, 0.2) is 0 Å². The van der Waals surface area contributed by atoms with Gasteiger partial charge in [0.25, 0.3) is 0 Å². The number of aromatic nitrogens is 2. The van der Waals surface area contributed by atoms with E-state index in [9.17, 15) is 0 Å². The predicted molar refractivity (Wildman–Crippen MR) is 77.9 cm³/mol. The summed E-state index contributed by atoms with van der Waals surface area (Å²) in [6.45, 7) is 1.05. The molecular weight excluding hydrogens is 306 g/mol. The van der Waals surface area contributed by atoms with Gasteiger partial charge in [0.05, 0.1) is 11.9 Å². The fourth-order valence-electron chi connectivity index (χ4n) is 2.51. The molecule has 4 nitrogen and oxygen atoms in total. The number of halogens is 1. The second-order valence-electron chi connectivity index (χ2n) is 5.16. The summed E-state index contributed by atoms with van der Waals surface area (Å²) in [4.78, 5) is 4.40. The molecule has 0 spiro atoms. The summed E-state index contributed by atoms with van der Waals surface area (Å²) in [7, 11) is 0. The summed E-state index contributed by atoms with van der Waals surface area (Å²) in [5.41, 5.74) is 2.12. The highest BCUT2D eigenvalue weighted by atomic mass is 79.9. The number of pyridine rings is 1. The van der Waals surface area contributed by atoms with Gasteiger partial charge in [0.2, 0.25) is 0 Å². The van der Waals surface area contributed by atoms with Crippen LogP contribution in [0.5, 0.6) is 0 Å². The van der Waals surface area contributed by atoms with Crippen LogP contribution in [0.25, 0.3) is 5.65 Å². The van der Waals surface area contributed by atoms with Crippen LogP contribution in [0.15, 0.2) is 29.0 Å². The second kappa shape index (κ2) is 5.61. The van der Waals surface area contributed by atoms with Crippen LogP contribution in [0.4, 0.5) is 0 Å². The molecule has 2 aromatic heterocycles. The van der Waals surface area contributed by atoms with Gasteiger partial charge in [-0.15, -0.1) is 0 Å². The van der Waals surface area contributed by atoms with Crippen LogP contribution in [0, 0.1) is 5.92 Å². The third-order valence-corrected chi connectivity index (χ3v) is 4.19. The van der Waals surface area contributed by atoms with Gasteiger partial charge in [0, 0.05) is 29.9 Å². The van der Waals surface area contributed by atoms with Gasteiger partial charge >= 0.3 is 0 Å². The first kappa shape index (κ1) is 13.1. The lowest BCUT2D eigenvalue weighted by Gasteiger charge is -2.16. The molecule has 0 aromatic carbocycles. The van der Waals surface area contributed by atoms with E-state index >= 15 is 0 Å². The molecule has 5 heteroatoms. The maximum atomic E-state index is 9.11. The SMILES string of the molecule is OCCC(NCc1cnc2ccc(Br)cn12)C1CC1. The number of hydrogen-bond acceptors (Lipinski definition) is 3. The Labute approximate surface area is 121 Å². The smallest absolute Gasteiger partial charge is 0.136 e. The Balaban J connectivity index is 1.72. The highest BCUT2D eigenvalue weighted by Gasteiger charge is 2.30. The molecule has 1 atom stereocenters. The van der Waals surface area contributed by atoms with Crippen molar-refractivity contribution < 1.29 is 5.11 Å². The fraction of sp³-hybridized carbons (Fsp3) is 0.500. The number of aliphatic hydroxyl groups is 1. The van der Waals surface area contributed by atoms with E-state index in [1.807, 2.05) is 24.5 Å². The molecule has 0 aliphatic heterocycles. The van der Waals surface area contributed by atoms with E-state index in [0.717, 1.165) is 34.7 Å². The average molecular weight is 324 g/mol. The standard InChI is InChI=1S/C14H18BrN3O/c15-11-3-4-14-17-8-12(18(14)9-11)7-16-13(5-6-19)10-1-2-10/h3-4,8-10,13,16,19H,1-2,5-7H2. The van der Waals surface area contributed by atoms with Crippen LogP contribution in [0.1, 0.15) is 25.0 Å². The molecule has 2 aromatic rings. The number of fused-ring (bicyclic) bond motifs is 1. The second-order valence-corrected chi connectivity index (χ2v) is 6.08. The zero-order valence-corrected chi connectivity index (χ0v) is 12.3. The Hall–Kier alpha value is -0.910. The van der Waals surface area contributed by atoms with E-state index in [2.05, 4.69) is 30.6 Å². The molecule has 1 aliphatic carbocycles. The third-order valence-electron chi connectivity index (χ3n) is 3.72. The van der Waals surface area contributed by atoms with Gasteiger partial charge in [-0.3, -0.25) is 0 Å². The normalized spacial score (nSPS) is 16.9. The molecule has 1 saturated carbocycles. The first-order valence-electron chi connectivity index (χ1n) is 6.73. The van der Waals surface area contributed by atoms with E-state index in [0.29, 0.717) is 6.04 Å². The molecular formula is C14H18BrN3O. The van der Waals surface area contributed by atoms with Gasteiger partial charge < -0.3 is 14.8 Å². The molecule has 102 valence electrons. The quantitative estimate of drug-likeness (QED) is 0.858. The van der Waals surface area contributed by atoms with Crippen LogP contribution in [-0.2, 0) is 6.54 Å². The van der Waals surface area contributed by atoms with Crippen molar-refractivity contribution in [2.75, 3.05) is 6.61 Å². The number of aliphatic hydroxyl groups excluding tert-OH is 1. The van der Waals surface area contributed by atoms with Crippen molar-refractivity contribution in [3.05, 3.63) is 34.7 Å². The summed E-state index contributed by atoms with van der Waals surface area (Å²) in [5, 5.41) is 12.7. The zero-order chi connectivity index (χ0) is 13.2. The van der Waals surface area contributed by atoms with Crippen molar-refractivity contribution in [2.24, 2.45) is 5.92 Å². The molecule has 1 fully saturated rings. The topological polar surface area (TPSA) is 49.6 Å².